The van der Waals surface area contributed by atoms with Gasteiger partial charge in [0.2, 0.25) is 0 Å². The van der Waals surface area contributed by atoms with Gasteiger partial charge in [0.1, 0.15) is 7.85 Å². The molecular weight excluding hydrogens is 409 g/mol. The quantitative estimate of drug-likeness (QED) is 0.256. The Kier molecular flexibility index (Phi) is 9.58. The van der Waals surface area contributed by atoms with Gasteiger partial charge in [0, 0.05) is 18.8 Å². The van der Waals surface area contributed by atoms with E-state index in [0.717, 1.165) is 19.5 Å². The molecule has 0 N–H and O–H groups in total. The summed E-state index contributed by atoms with van der Waals surface area (Å²) in [6, 6.07) is 43.2. The lowest BCUT2D eigenvalue weighted by Crippen LogP contribution is -2.35. The number of rotatable bonds is 8. The lowest BCUT2D eigenvalue weighted by atomic mass is 9.51. The molecular formula is C32H38BN. The molecule has 2 heteroatoms. The van der Waals surface area contributed by atoms with E-state index < -0.39 is 0 Å². The zero-order valence-corrected chi connectivity index (χ0v) is 21.2. The van der Waals surface area contributed by atoms with E-state index in [4.69, 9.17) is 0 Å². The summed E-state index contributed by atoms with van der Waals surface area (Å²) < 4.78 is 0. The maximum atomic E-state index is 2.39. The SMILES string of the molecule is BC(c1ccccc1)(c1ccccc1)C(CC)c1ccccc1.CCN(CC)c1ccccc1. The molecule has 1 atom stereocenters. The monoisotopic (exact) mass is 447 g/mol. The van der Waals surface area contributed by atoms with Gasteiger partial charge in [-0.3, -0.25) is 0 Å². The summed E-state index contributed by atoms with van der Waals surface area (Å²) >= 11 is 0. The van der Waals surface area contributed by atoms with Crippen molar-refractivity contribution in [1.82, 2.24) is 0 Å². The average Bonchev–Trinajstić information content (AvgIpc) is 2.92. The highest BCUT2D eigenvalue weighted by atomic mass is 15.1. The van der Waals surface area contributed by atoms with Crippen molar-refractivity contribution in [2.45, 2.75) is 38.4 Å². The van der Waals surface area contributed by atoms with Crippen LogP contribution in [0.4, 0.5) is 5.69 Å². The van der Waals surface area contributed by atoms with E-state index in [2.05, 4.69) is 149 Å². The first-order chi connectivity index (χ1) is 16.6. The fraction of sp³-hybridized carbons (Fsp3) is 0.250. The normalized spacial score (nSPS) is 11.7. The van der Waals surface area contributed by atoms with Gasteiger partial charge in [-0.25, -0.2) is 0 Å². The molecule has 0 spiro atoms. The van der Waals surface area contributed by atoms with Crippen molar-refractivity contribution in [3.63, 3.8) is 0 Å². The standard InChI is InChI=1S/C22H23B.C10H15N/c1-2-21(18-12-6-3-7-13-18)22(23,19-14-8-4-9-15-19)20-16-10-5-11-17-20;1-3-11(4-2)10-8-6-5-7-9-10/h3-17,21H,2,23H2,1H3;5-9H,3-4H2,1-2H3. The minimum absolute atomic E-state index is 0.0430. The van der Waals surface area contributed by atoms with Gasteiger partial charge < -0.3 is 4.90 Å². The molecule has 0 radical (unpaired) electrons. The molecule has 0 fully saturated rings. The molecule has 4 rings (SSSR count). The van der Waals surface area contributed by atoms with Crippen molar-refractivity contribution in [3.8, 4) is 0 Å². The van der Waals surface area contributed by atoms with Crippen LogP contribution in [0.2, 0.25) is 0 Å². The fourth-order valence-electron chi connectivity index (χ4n) is 5.03. The van der Waals surface area contributed by atoms with Crippen molar-refractivity contribution in [2.75, 3.05) is 18.0 Å². The Labute approximate surface area is 207 Å². The molecule has 0 aliphatic heterocycles. The average molecular weight is 447 g/mol. The van der Waals surface area contributed by atoms with Crippen LogP contribution in [0.25, 0.3) is 0 Å². The van der Waals surface area contributed by atoms with Gasteiger partial charge in [-0.2, -0.15) is 0 Å². The van der Waals surface area contributed by atoms with E-state index >= 15 is 0 Å². The van der Waals surface area contributed by atoms with E-state index in [-0.39, 0.29) is 5.31 Å². The third-order valence-electron chi connectivity index (χ3n) is 6.94. The predicted molar refractivity (Wildman–Crippen MR) is 152 cm³/mol. The third-order valence-corrected chi connectivity index (χ3v) is 6.94. The molecule has 0 saturated carbocycles. The second-order valence-corrected chi connectivity index (χ2v) is 8.81. The Hall–Kier alpha value is -3.26. The molecule has 34 heavy (non-hydrogen) atoms. The maximum absolute atomic E-state index is 2.39. The first kappa shape index (κ1) is 25.4. The summed E-state index contributed by atoms with van der Waals surface area (Å²) in [5, 5.41) is -0.0430. The van der Waals surface area contributed by atoms with Crippen LogP contribution in [0.1, 0.15) is 49.8 Å². The summed E-state index contributed by atoms with van der Waals surface area (Å²) in [6.07, 6.45) is 1.10. The summed E-state index contributed by atoms with van der Waals surface area (Å²) in [7, 11) is 2.39. The number of hydrogen-bond donors (Lipinski definition) is 0. The van der Waals surface area contributed by atoms with Crippen LogP contribution in [0, 0.1) is 0 Å². The smallest absolute Gasteiger partial charge is 0.121 e. The Morgan fingerprint density at radius 2 is 0.971 bits per heavy atom. The van der Waals surface area contributed by atoms with E-state index in [0.29, 0.717) is 5.92 Å². The molecule has 0 bridgehead atoms. The van der Waals surface area contributed by atoms with Crippen molar-refractivity contribution in [3.05, 3.63) is 138 Å². The third kappa shape index (κ3) is 6.00. The number of para-hydroxylation sites is 1. The van der Waals surface area contributed by atoms with Gasteiger partial charge >= 0.3 is 0 Å². The van der Waals surface area contributed by atoms with Crippen molar-refractivity contribution >= 4 is 13.5 Å². The highest BCUT2D eigenvalue weighted by Gasteiger charge is 2.37. The minimum Gasteiger partial charge on any atom is -0.372 e. The molecule has 1 nitrogen and oxygen atoms in total. The van der Waals surface area contributed by atoms with Gasteiger partial charge in [0.15, 0.2) is 0 Å². The second-order valence-electron chi connectivity index (χ2n) is 8.81. The summed E-state index contributed by atoms with van der Waals surface area (Å²) in [5.41, 5.74) is 5.48. The summed E-state index contributed by atoms with van der Waals surface area (Å²) in [5.74, 6) is 0.438. The molecule has 4 aromatic rings. The zero-order valence-electron chi connectivity index (χ0n) is 21.2. The van der Waals surface area contributed by atoms with Crippen LogP contribution in [0.3, 0.4) is 0 Å². The van der Waals surface area contributed by atoms with Gasteiger partial charge in [-0.15, -0.1) is 0 Å². The fourth-order valence-corrected chi connectivity index (χ4v) is 5.03. The Bertz CT molecular complexity index is 1020. The molecule has 0 heterocycles. The Morgan fingerprint density at radius 1 is 0.588 bits per heavy atom. The largest absolute Gasteiger partial charge is 0.372 e. The van der Waals surface area contributed by atoms with E-state index in [9.17, 15) is 0 Å². The van der Waals surface area contributed by atoms with Crippen LogP contribution < -0.4 is 4.90 Å². The molecule has 174 valence electrons. The maximum Gasteiger partial charge on any atom is 0.121 e. The Balaban J connectivity index is 0.000000248. The highest BCUT2D eigenvalue weighted by molar-refractivity contribution is 6.19. The first-order valence-corrected chi connectivity index (χ1v) is 12.6. The molecule has 4 aromatic carbocycles. The molecule has 0 aliphatic carbocycles. The summed E-state index contributed by atoms with van der Waals surface area (Å²) in [4.78, 5) is 2.33. The Morgan fingerprint density at radius 3 is 1.35 bits per heavy atom. The van der Waals surface area contributed by atoms with Gasteiger partial charge in [-0.05, 0) is 60.3 Å². The van der Waals surface area contributed by atoms with Crippen LogP contribution in [-0.2, 0) is 5.31 Å². The van der Waals surface area contributed by atoms with Gasteiger partial charge in [0.05, 0.1) is 0 Å². The number of benzene rings is 4. The number of anilines is 1. The minimum atomic E-state index is -0.0430. The predicted octanol–water partition coefficient (Wildman–Crippen LogP) is 7.29. The molecule has 0 saturated heterocycles. The molecule has 0 amide bonds. The molecule has 0 aromatic heterocycles. The second kappa shape index (κ2) is 12.8. The summed E-state index contributed by atoms with van der Waals surface area (Å²) in [6.45, 7) is 8.82. The lowest BCUT2D eigenvalue weighted by Gasteiger charge is -2.39. The number of hydrogen-bond acceptors (Lipinski definition) is 1. The van der Waals surface area contributed by atoms with Crippen molar-refractivity contribution in [2.24, 2.45) is 0 Å². The van der Waals surface area contributed by atoms with Crippen LogP contribution in [0.5, 0.6) is 0 Å². The van der Waals surface area contributed by atoms with Crippen LogP contribution >= 0.6 is 0 Å². The highest BCUT2D eigenvalue weighted by Crippen LogP contribution is 2.43. The molecule has 0 aliphatic rings. The molecule has 1 unspecified atom stereocenters. The van der Waals surface area contributed by atoms with E-state index in [1.54, 1.807) is 0 Å². The topological polar surface area (TPSA) is 3.24 Å². The van der Waals surface area contributed by atoms with Gasteiger partial charge in [0.25, 0.3) is 0 Å². The lowest BCUT2D eigenvalue weighted by molar-refractivity contribution is 0.531. The van der Waals surface area contributed by atoms with E-state index in [1.807, 2.05) is 6.07 Å². The zero-order chi connectivity index (χ0) is 24.2. The van der Waals surface area contributed by atoms with Crippen molar-refractivity contribution < 1.29 is 0 Å². The van der Waals surface area contributed by atoms with Gasteiger partial charge in [-0.1, -0.05) is 116 Å². The van der Waals surface area contributed by atoms with Crippen molar-refractivity contribution in [1.29, 1.82) is 0 Å². The number of nitrogens with zero attached hydrogens (tertiary/aromatic N) is 1. The first-order valence-electron chi connectivity index (χ1n) is 12.6. The van der Waals surface area contributed by atoms with Crippen LogP contribution in [-0.4, -0.2) is 20.9 Å². The van der Waals surface area contributed by atoms with E-state index in [1.165, 1.54) is 22.4 Å². The van der Waals surface area contributed by atoms with Crippen LogP contribution in [0.15, 0.2) is 121 Å².